The SMILES string of the molecule is CCCNC(C(C)CC)C1CCCC(CC)C1. The van der Waals surface area contributed by atoms with E-state index in [2.05, 4.69) is 33.0 Å². The third-order valence-electron chi connectivity index (χ3n) is 4.80. The van der Waals surface area contributed by atoms with Crippen LogP contribution in [0.15, 0.2) is 0 Å². The average molecular weight is 239 g/mol. The van der Waals surface area contributed by atoms with Crippen LogP contribution in [0.25, 0.3) is 0 Å². The first-order valence-corrected chi connectivity index (χ1v) is 7.96. The molecule has 1 N–H and O–H groups in total. The van der Waals surface area contributed by atoms with Gasteiger partial charge in [-0.2, -0.15) is 0 Å². The molecule has 1 nitrogen and oxygen atoms in total. The molecule has 1 aliphatic rings. The molecule has 17 heavy (non-hydrogen) atoms. The van der Waals surface area contributed by atoms with Crippen molar-refractivity contribution in [1.29, 1.82) is 0 Å². The van der Waals surface area contributed by atoms with Crippen molar-refractivity contribution in [2.75, 3.05) is 6.54 Å². The van der Waals surface area contributed by atoms with Crippen LogP contribution in [-0.2, 0) is 0 Å². The zero-order chi connectivity index (χ0) is 12.7. The van der Waals surface area contributed by atoms with Crippen molar-refractivity contribution in [3.63, 3.8) is 0 Å². The summed E-state index contributed by atoms with van der Waals surface area (Å²) in [6.07, 6.45) is 9.84. The van der Waals surface area contributed by atoms with Crippen molar-refractivity contribution < 1.29 is 0 Å². The van der Waals surface area contributed by atoms with E-state index in [0.29, 0.717) is 0 Å². The molecular formula is C16H33N. The molecule has 1 aliphatic carbocycles. The molecule has 0 amide bonds. The van der Waals surface area contributed by atoms with Gasteiger partial charge in [-0.3, -0.25) is 0 Å². The maximum Gasteiger partial charge on any atom is 0.0121 e. The van der Waals surface area contributed by atoms with Crippen LogP contribution in [0.3, 0.4) is 0 Å². The molecule has 0 aromatic rings. The van der Waals surface area contributed by atoms with Crippen molar-refractivity contribution in [3.8, 4) is 0 Å². The van der Waals surface area contributed by atoms with Crippen LogP contribution in [-0.4, -0.2) is 12.6 Å². The third-order valence-corrected chi connectivity index (χ3v) is 4.80. The molecule has 0 bridgehead atoms. The second-order valence-corrected chi connectivity index (χ2v) is 6.07. The largest absolute Gasteiger partial charge is 0.313 e. The zero-order valence-corrected chi connectivity index (χ0v) is 12.5. The van der Waals surface area contributed by atoms with Crippen LogP contribution in [0, 0.1) is 17.8 Å². The molecule has 1 fully saturated rings. The Morgan fingerprint density at radius 3 is 2.53 bits per heavy atom. The van der Waals surface area contributed by atoms with Gasteiger partial charge in [0.15, 0.2) is 0 Å². The molecule has 4 unspecified atom stereocenters. The van der Waals surface area contributed by atoms with Crippen LogP contribution >= 0.6 is 0 Å². The summed E-state index contributed by atoms with van der Waals surface area (Å²) in [5, 5.41) is 3.83. The van der Waals surface area contributed by atoms with Gasteiger partial charge in [0.1, 0.15) is 0 Å². The lowest BCUT2D eigenvalue weighted by Gasteiger charge is -2.37. The Morgan fingerprint density at radius 1 is 1.18 bits per heavy atom. The van der Waals surface area contributed by atoms with Gasteiger partial charge in [0.25, 0.3) is 0 Å². The molecular weight excluding hydrogens is 206 g/mol. The number of nitrogens with one attached hydrogen (secondary N) is 1. The minimum Gasteiger partial charge on any atom is -0.313 e. The summed E-state index contributed by atoms with van der Waals surface area (Å²) in [5.74, 6) is 2.78. The molecule has 0 aromatic heterocycles. The molecule has 102 valence electrons. The first-order valence-electron chi connectivity index (χ1n) is 7.96. The molecule has 0 radical (unpaired) electrons. The van der Waals surface area contributed by atoms with Gasteiger partial charge < -0.3 is 5.32 Å². The minimum absolute atomic E-state index is 0.772. The van der Waals surface area contributed by atoms with Crippen molar-refractivity contribution in [2.24, 2.45) is 17.8 Å². The van der Waals surface area contributed by atoms with E-state index in [1.54, 1.807) is 0 Å². The predicted molar refractivity (Wildman–Crippen MR) is 77.3 cm³/mol. The summed E-state index contributed by atoms with van der Waals surface area (Å²) >= 11 is 0. The molecule has 0 saturated heterocycles. The lowest BCUT2D eigenvalue weighted by Crippen LogP contribution is -2.43. The summed E-state index contributed by atoms with van der Waals surface area (Å²) in [6, 6.07) is 0.772. The Balaban J connectivity index is 2.54. The molecule has 0 heterocycles. The van der Waals surface area contributed by atoms with Gasteiger partial charge >= 0.3 is 0 Å². The van der Waals surface area contributed by atoms with Gasteiger partial charge in [0.05, 0.1) is 0 Å². The maximum atomic E-state index is 3.83. The highest BCUT2D eigenvalue weighted by molar-refractivity contribution is 4.85. The predicted octanol–water partition coefficient (Wildman–Crippen LogP) is 4.62. The van der Waals surface area contributed by atoms with Crippen molar-refractivity contribution in [2.45, 2.75) is 78.7 Å². The topological polar surface area (TPSA) is 12.0 Å². The van der Waals surface area contributed by atoms with Crippen LogP contribution in [0.2, 0.25) is 0 Å². The Kier molecular flexibility index (Phi) is 7.18. The summed E-state index contributed by atoms with van der Waals surface area (Å²) in [7, 11) is 0. The zero-order valence-electron chi connectivity index (χ0n) is 12.5. The fourth-order valence-corrected chi connectivity index (χ4v) is 3.43. The highest BCUT2D eigenvalue weighted by atomic mass is 14.9. The van der Waals surface area contributed by atoms with Crippen LogP contribution in [0.4, 0.5) is 0 Å². The molecule has 0 spiro atoms. The van der Waals surface area contributed by atoms with E-state index < -0.39 is 0 Å². The molecule has 4 atom stereocenters. The molecule has 0 aliphatic heterocycles. The molecule has 0 aromatic carbocycles. The molecule has 1 rings (SSSR count). The summed E-state index contributed by atoms with van der Waals surface area (Å²) in [5.41, 5.74) is 0. The summed E-state index contributed by atoms with van der Waals surface area (Å²) in [4.78, 5) is 0. The van der Waals surface area contributed by atoms with E-state index in [9.17, 15) is 0 Å². The average Bonchev–Trinajstić information content (AvgIpc) is 2.39. The summed E-state index contributed by atoms with van der Waals surface area (Å²) < 4.78 is 0. The minimum atomic E-state index is 0.772. The van der Waals surface area contributed by atoms with E-state index in [1.165, 1.54) is 51.5 Å². The van der Waals surface area contributed by atoms with E-state index in [-0.39, 0.29) is 0 Å². The Labute approximate surface area is 109 Å². The van der Waals surface area contributed by atoms with Gasteiger partial charge in [-0.15, -0.1) is 0 Å². The number of rotatable bonds is 7. The van der Waals surface area contributed by atoms with Gasteiger partial charge in [-0.25, -0.2) is 0 Å². The van der Waals surface area contributed by atoms with Crippen LogP contribution in [0.1, 0.15) is 72.6 Å². The second-order valence-electron chi connectivity index (χ2n) is 6.07. The van der Waals surface area contributed by atoms with Gasteiger partial charge in [-0.1, -0.05) is 53.4 Å². The lowest BCUT2D eigenvalue weighted by atomic mass is 9.73. The smallest absolute Gasteiger partial charge is 0.0121 e. The van der Waals surface area contributed by atoms with E-state index in [4.69, 9.17) is 0 Å². The normalized spacial score (nSPS) is 28.9. The highest BCUT2D eigenvalue weighted by Crippen LogP contribution is 2.35. The Bertz CT molecular complexity index is 190. The second kappa shape index (κ2) is 8.13. The van der Waals surface area contributed by atoms with Gasteiger partial charge in [0, 0.05) is 6.04 Å². The number of hydrogen-bond acceptors (Lipinski definition) is 1. The summed E-state index contributed by atoms with van der Waals surface area (Å²) in [6.45, 7) is 10.6. The Morgan fingerprint density at radius 2 is 1.94 bits per heavy atom. The monoisotopic (exact) mass is 239 g/mol. The first-order chi connectivity index (χ1) is 8.22. The third kappa shape index (κ3) is 4.62. The van der Waals surface area contributed by atoms with Gasteiger partial charge in [0.2, 0.25) is 0 Å². The number of hydrogen-bond donors (Lipinski definition) is 1. The van der Waals surface area contributed by atoms with Crippen molar-refractivity contribution in [1.82, 2.24) is 5.32 Å². The van der Waals surface area contributed by atoms with E-state index >= 15 is 0 Å². The van der Waals surface area contributed by atoms with Gasteiger partial charge in [-0.05, 0) is 43.6 Å². The quantitative estimate of drug-likeness (QED) is 0.683. The first kappa shape index (κ1) is 15.0. The van der Waals surface area contributed by atoms with Crippen molar-refractivity contribution >= 4 is 0 Å². The standard InChI is InChI=1S/C16H33N/c1-5-11-17-16(13(4)6-2)15-10-8-9-14(7-3)12-15/h13-17H,5-12H2,1-4H3. The fraction of sp³-hybridized carbons (Fsp3) is 1.00. The van der Waals surface area contributed by atoms with E-state index in [0.717, 1.165) is 23.8 Å². The lowest BCUT2D eigenvalue weighted by molar-refractivity contribution is 0.171. The molecule has 1 heteroatoms. The van der Waals surface area contributed by atoms with Crippen LogP contribution in [0.5, 0.6) is 0 Å². The van der Waals surface area contributed by atoms with Crippen molar-refractivity contribution in [3.05, 3.63) is 0 Å². The highest BCUT2D eigenvalue weighted by Gasteiger charge is 2.29. The maximum absolute atomic E-state index is 3.83. The van der Waals surface area contributed by atoms with E-state index in [1.807, 2.05) is 0 Å². The fourth-order valence-electron chi connectivity index (χ4n) is 3.43. The molecule has 1 saturated carbocycles. The van der Waals surface area contributed by atoms with Crippen LogP contribution < -0.4 is 5.32 Å². The Hall–Kier alpha value is -0.0400.